The van der Waals surface area contributed by atoms with E-state index in [0.717, 1.165) is 39.1 Å². The van der Waals surface area contributed by atoms with Crippen molar-refractivity contribution < 1.29 is 28.9 Å². The van der Waals surface area contributed by atoms with E-state index < -0.39 is 18.4 Å². The van der Waals surface area contributed by atoms with Crippen LogP contribution in [0.1, 0.15) is 55.4 Å². The summed E-state index contributed by atoms with van der Waals surface area (Å²) >= 11 is 1.78. The maximum Gasteiger partial charge on any atom is 0.303 e. The molecule has 234 valence electrons. The van der Waals surface area contributed by atoms with Crippen LogP contribution in [0.2, 0.25) is 0 Å². The molecule has 0 aromatic heterocycles. The summed E-state index contributed by atoms with van der Waals surface area (Å²) in [7, 11) is 0. The van der Waals surface area contributed by atoms with Crippen molar-refractivity contribution >= 4 is 23.6 Å². The van der Waals surface area contributed by atoms with Crippen LogP contribution >= 0.6 is 11.8 Å². The molecular formula is C37H39NO6S. The van der Waals surface area contributed by atoms with Gasteiger partial charge in [0.05, 0.1) is 18.8 Å². The van der Waals surface area contributed by atoms with E-state index in [-0.39, 0.29) is 30.6 Å². The SMILES string of the molecule is CC(=O)O[C@@H](C)C(=O)NCc1ccccc1-c1ccc([C@H]2O[C@@H](CSc3ccccc3)[C@@H](C)[C@@H](c3ccc(CO)cc3)O2)cc1. The number of esters is 1. The van der Waals surface area contributed by atoms with Crippen molar-refractivity contribution in [3.05, 3.63) is 125 Å². The number of carbonyl (C=O) groups is 2. The standard InChI is InChI=1S/C37H39NO6S/c1-24-34(23-45-32-10-5-4-6-11-32)43-37(44-35(24)29-15-13-27(22-39)14-16-29)30-19-17-28(18-20-30)33-12-8-7-9-31(33)21-38-36(41)25(2)42-26(3)40/h4-20,24-25,34-35,37,39H,21-23H2,1-3H3,(H,38,41)/t24-,25+,34+,35+,37+/m1/s1. The molecule has 2 N–H and O–H groups in total. The molecule has 1 saturated heterocycles. The maximum atomic E-state index is 12.4. The van der Waals surface area contributed by atoms with Gasteiger partial charge in [-0.15, -0.1) is 11.8 Å². The Kier molecular flexibility index (Phi) is 11.1. The molecule has 7 nitrogen and oxygen atoms in total. The number of aliphatic hydroxyl groups is 1. The first-order valence-electron chi connectivity index (χ1n) is 15.1. The average Bonchev–Trinajstić information content (AvgIpc) is 3.07. The molecule has 0 saturated carbocycles. The zero-order valence-corrected chi connectivity index (χ0v) is 26.5. The van der Waals surface area contributed by atoms with Gasteiger partial charge in [0.15, 0.2) is 12.4 Å². The summed E-state index contributed by atoms with van der Waals surface area (Å²) in [5.74, 6) is 0.0357. The topological polar surface area (TPSA) is 94.1 Å². The zero-order valence-electron chi connectivity index (χ0n) is 25.7. The minimum atomic E-state index is -0.862. The number of amides is 1. The molecule has 5 rings (SSSR count). The van der Waals surface area contributed by atoms with E-state index >= 15 is 0 Å². The molecule has 0 spiro atoms. The van der Waals surface area contributed by atoms with E-state index in [0.29, 0.717) is 6.54 Å². The van der Waals surface area contributed by atoms with E-state index in [1.54, 1.807) is 18.7 Å². The predicted octanol–water partition coefficient (Wildman–Crippen LogP) is 7.00. The van der Waals surface area contributed by atoms with Gasteiger partial charge in [0, 0.05) is 35.6 Å². The highest BCUT2D eigenvalue weighted by atomic mass is 32.2. The lowest BCUT2D eigenvalue weighted by Gasteiger charge is -2.41. The van der Waals surface area contributed by atoms with Crippen LogP contribution in [-0.4, -0.2) is 34.9 Å². The van der Waals surface area contributed by atoms with Crippen LogP contribution in [0.5, 0.6) is 0 Å². The predicted molar refractivity (Wildman–Crippen MR) is 175 cm³/mol. The van der Waals surface area contributed by atoms with Crippen molar-refractivity contribution in [3.8, 4) is 11.1 Å². The van der Waals surface area contributed by atoms with Crippen molar-refractivity contribution in [2.45, 2.75) is 63.4 Å². The van der Waals surface area contributed by atoms with Crippen molar-refractivity contribution in [1.82, 2.24) is 5.32 Å². The fourth-order valence-electron chi connectivity index (χ4n) is 5.41. The van der Waals surface area contributed by atoms with E-state index in [9.17, 15) is 14.7 Å². The normalized spacial score (nSPS) is 20.3. The zero-order chi connectivity index (χ0) is 31.8. The third-order valence-electron chi connectivity index (χ3n) is 7.96. The smallest absolute Gasteiger partial charge is 0.303 e. The number of rotatable bonds is 11. The molecule has 45 heavy (non-hydrogen) atoms. The third-order valence-corrected chi connectivity index (χ3v) is 9.06. The Morgan fingerprint density at radius 1 is 0.889 bits per heavy atom. The number of ether oxygens (including phenoxy) is 3. The molecule has 0 radical (unpaired) electrons. The Labute approximate surface area is 268 Å². The number of carbonyl (C=O) groups excluding carboxylic acids is 2. The molecule has 1 aliphatic heterocycles. The van der Waals surface area contributed by atoms with E-state index in [1.807, 2.05) is 91.0 Å². The largest absolute Gasteiger partial charge is 0.453 e. The Hall–Kier alpha value is -3.95. The number of aliphatic hydroxyl groups excluding tert-OH is 1. The molecular weight excluding hydrogens is 586 g/mol. The maximum absolute atomic E-state index is 12.4. The summed E-state index contributed by atoms with van der Waals surface area (Å²) in [6, 6.07) is 34.3. The van der Waals surface area contributed by atoms with Crippen LogP contribution in [0.3, 0.4) is 0 Å². The molecule has 1 fully saturated rings. The molecule has 5 atom stereocenters. The molecule has 8 heteroatoms. The molecule has 4 aromatic carbocycles. The van der Waals surface area contributed by atoms with Gasteiger partial charge in [0.25, 0.3) is 5.91 Å². The number of benzene rings is 4. The number of hydrogen-bond donors (Lipinski definition) is 2. The first-order chi connectivity index (χ1) is 21.8. The third kappa shape index (κ3) is 8.41. The van der Waals surface area contributed by atoms with Gasteiger partial charge >= 0.3 is 5.97 Å². The molecule has 1 amide bonds. The van der Waals surface area contributed by atoms with Crippen LogP contribution in [-0.2, 0) is 37.0 Å². The number of nitrogens with one attached hydrogen (secondary N) is 1. The van der Waals surface area contributed by atoms with Gasteiger partial charge in [-0.25, -0.2) is 0 Å². The monoisotopic (exact) mass is 625 g/mol. The molecule has 0 bridgehead atoms. The lowest BCUT2D eigenvalue weighted by molar-refractivity contribution is -0.268. The molecule has 4 aromatic rings. The Morgan fingerprint density at radius 3 is 2.24 bits per heavy atom. The van der Waals surface area contributed by atoms with Gasteiger partial charge in [-0.05, 0) is 46.9 Å². The van der Waals surface area contributed by atoms with E-state index in [1.165, 1.54) is 11.8 Å². The van der Waals surface area contributed by atoms with Crippen LogP contribution in [0, 0.1) is 5.92 Å². The fourth-order valence-corrected chi connectivity index (χ4v) is 6.50. The lowest BCUT2D eigenvalue weighted by atomic mass is 9.91. The molecule has 0 unspecified atom stereocenters. The second-order valence-electron chi connectivity index (χ2n) is 11.2. The minimum Gasteiger partial charge on any atom is -0.453 e. The highest BCUT2D eigenvalue weighted by Gasteiger charge is 2.38. The second-order valence-corrected chi connectivity index (χ2v) is 12.3. The molecule has 1 aliphatic rings. The van der Waals surface area contributed by atoms with Gasteiger partial charge in [0.2, 0.25) is 0 Å². The van der Waals surface area contributed by atoms with Crippen molar-refractivity contribution in [2.24, 2.45) is 5.92 Å². The highest BCUT2D eigenvalue weighted by Crippen LogP contribution is 2.43. The quantitative estimate of drug-likeness (QED) is 0.137. The minimum absolute atomic E-state index is 0.00130. The van der Waals surface area contributed by atoms with Gasteiger partial charge in [-0.2, -0.15) is 0 Å². The Balaban J connectivity index is 1.34. The van der Waals surface area contributed by atoms with Gasteiger partial charge in [-0.3, -0.25) is 9.59 Å². The van der Waals surface area contributed by atoms with E-state index in [4.69, 9.17) is 14.2 Å². The van der Waals surface area contributed by atoms with Crippen LogP contribution < -0.4 is 5.32 Å². The number of thioether (sulfide) groups is 1. The summed E-state index contributed by atoms with van der Waals surface area (Å²) in [5, 5.41) is 12.4. The lowest BCUT2D eigenvalue weighted by Crippen LogP contribution is -2.38. The summed E-state index contributed by atoms with van der Waals surface area (Å²) in [6.45, 7) is 5.30. The Bertz CT molecular complexity index is 1560. The van der Waals surface area contributed by atoms with Gasteiger partial charge in [0.1, 0.15) is 0 Å². The molecule has 1 heterocycles. The fraction of sp³-hybridized carbons (Fsp3) is 0.297. The summed E-state index contributed by atoms with van der Waals surface area (Å²) in [4.78, 5) is 24.8. The number of hydrogen-bond acceptors (Lipinski definition) is 7. The highest BCUT2D eigenvalue weighted by molar-refractivity contribution is 7.99. The summed E-state index contributed by atoms with van der Waals surface area (Å²) < 4.78 is 18.3. The summed E-state index contributed by atoms with van der Waals surface area (Å²) in [6.07, 6.45) is -1.67. The molecule has 0 aliphatic carbocycles. The first-order valence-corrected chi connectivity index (χ1v) is 16.1. The van der Waals surface area contributed by atoms with Gasteiger partial charge < -0.3 is 24.6 Å². The van der Waals surface area contributed by atoms with E-state index in [2.05, 4.69) is 24.4 Å². The van der Waals surface area contributed by atoms with Gasteiger partial charge in [-0.1, -0.05) is 97.9 Å². The first kappa shape index (κ1) is 32.4. The average molecular weight is 626 g/mol. The van der Waals surface area contributed by atoms with Crippen LogP contribution in [0.4, 0.5) is 0 Å². The van der Waals surface area contributed by atoms with Crippen molar-refractivity contribution in [2.75, 3.05) is 5.75 Å². The summed E-state index contributed by atoms with van der Waals surface area (Å²) in [5.41, 5.74) is 5.75. The Morgan fingerprint density at radius 2 is 1.56 bits per heavy atom. The van der Waals surface area contributed by atoms with Crippen molar-refractivity contribution in [1.29, 1.82) is 0 Å². The van der Waals surface area contributed by atoms with Crippen LogP contribution in [0.15, 0.2) is 108 Å². The second kappa shape index (κ2) is 15.4. The van der Waals surface area contributed by atoms with Crippen molar-refractivity contribution in [3.63, 3.8) is 0 Å². The van der Waals surface area contributed by atoms with Crippen LogP contribution in [0.25, 0.3) is 11.1 Å².